The van der Waals surface area contributed by atoms with Gasteiger partial charge in [0.25, 0.3) is 0 Å². The molecule has 0 N–H and O–H groups in total. The van der Waals surface area contributed by atoms with Gasteiger partial charge in [-0.05, 0) is 69.1 Å². The molecular weight excluding hydrogens is 552 g/mol. The van der Waals surface area contributed by atoms with Crippen molar-refractivity contribution in [2.45, 2.75) is 6.18 Å². The van der Waals surface area contributed by atoms with Crippen molar-refractivity contribution in [3.8, 4) is 22.3 Å². The third-order valence-electron chi connectivity index (χ3n) is 6.12. The van der Waals surface area contributed by atoms with E-state index in [4.69, 9.17) is 0 Å². The summed E-state index contributed by atoms with van der Waals surface area (Å²) in [6.45, 7) is 0. The first kappa shape index (κ1) is 26.4. The Morgan fingerprint density at radius 3 is 1.46 bits per heavy atom. The molecule has 0 bridgehead atoms. The molecule has 0 saturated heterocycles. The number of hydrogen-bond acceptors (Lipinski definition) is 0. The Morgan fingerprint density at radius 1 is 0.410 bits per heavy atom. The molecule has 5 aromatic rings. The molecule has 0 amide bonds. The van der Waals surface area contributed by atoms with E-state index in [-0.39, 0.29) is 16.5 Å². The van der Waals surface area contributed by atoms with Gasteiger partial charge in [-0.1, -0.05) is 12.1 Å². The predicted molar refractivity (Wildman–Crippen MR) is 117 cm³/mol. The Labute approximate surface area is 209 Å². The minimum atomic E-state index is -5.86. The Kier molecular flexibility index (Phi) is 6.04. The van der Waals surface area contributed by atoms with Gasteiger partial charge < -0.3 is 0 Å². The molecule has 5 aromatic carbocycles. The van der Waals surface area contributed by atoms with Crippen LogP contribution in [0.3, 0.4) is 0 Å². The fraction of sp³-hybridized carbons (Fsp3) is 0.0370. The highest BCUT2D eigenvalue weighted by molar-refractivity contribution is 6.21. The number of alkyl halides is 3. The van der Waals surface area contributed by atoms with Crippen LogP contribution in [0.25, 0.3) is 43.8 Å². The zero-order valence-electron chi connectivity index (χ0n) is 18.7. The van der Waals surface area contributed by atoms with E-state index in [0.29, 0.717) is 30.3 Å². The molecule has 39 heavy (non-hydrogen) atoms. The highest BCUT2D eigenvalue weighted by Crippen LogP contribution is 2.48. The van der Waals surface area contributed by atoms with E-state index in [9.17, 15) is 43.9 Å². The average molecular weight is 560 g/mol. The standard InChI is InChI=1S/C27H8F12/c28-10-2-3-11-12(6-10)20(21-23(33)25(35)22(27(37,38)39)26(36)24(21)34)14-8-18(32)17(31)7-13(14)19(11)9-1-4-15(29)16(30)5-9/h1-8H. The van der Waals surface area contributed by atoms with Gasteiger partial charge in [0.2, 0.25) is 0 Å². The third-order valence-corrected chi connectivity index (χ3v) is 6.12. The van der Waals surface area contributed by atoms with Crippen molar-refractivity contribution >= 4 is 21.5 Å². The molecular formula is C27H8F12. The van der Waals surface area contributed by atoms with E-state index in [2.05, 4.69) is 0 Å². The van der Waals surface area contributed by atoms with Crippen LogP contribution >= 0.6 is 0 Å². The molecule has 0 spiro atoms. The Balaban J connectivity index is 2.07. The van der Waals surface area contributed by atoms with Gasteiger partial charge in [-0.3, -0.25) is 0 Å². The second-order valence-corrected chi connectivity index (χ2v) is 8.38. The summed E-state index contributed by atoms with van der Waals surface area (Å²) < 4.78 is 170. The minimum absolute atomic E-state index is 0.209. The average Bonchev–Trinajstić information content (AvgIpc) is 2.85. The van der Waals surface area contributed by atoms with Crippen LogP contribution < -0.4 is 0 Å². The van der Waals surface area contributed by atoms with Crippen LogP contribution in [0.5, 0.6) is 0 Å². The molecule has 0 radical (unpaired) electrons. The lowest BCUT2D eigenvalue weighted by molar-refractivity contribution is -0.143. The molecule has 12 heteroatoms. The fourth-order valence-corrected chi connectivity index (χ4v) is 4.52. The maximum atomic E-state index is 15.1. The molecule has 0 aliphatic heterocycles. The molecule has 5 rings (SSSR count). The van der Waals surface area contributed by atoms with Crippen LogP contribution in [-0.4, -0.2) is 0 Å². The van der Waals surface area contributed by atoms with Crippen molar-refractivity contribution in [2.75, 3.05) is 0 Å². The summed E-state index contributed by atoms with van der Waals surface area (Å²) in [5.41, 5.74) is -6.11. The van der Waals surface area contributed by atoms with Crippen molar-refractivity contribution in [1.82, 2.24) is 0 Å². The van der Waals surface area contributed by atoms with E-state index >= 15 is 8.78 Å². The normalized spacial score (nSPS) is 12.1. The van der Waals surface area contributed by atoms with Gasteiger partial charge in [0, 0.05) is 5.56 Å². The van der Waals surface area contributed by atoms with E-state index in [0.717, 1.165) is 18.2 Å². The van der Waals surface area contributed by atoms with E-state index in [1.165, 1.54) is 0 Å². The van der Waals surface area contributed by atoms with Crippen LogP contribution in [0.1, 0.15) is 5.56 Å². The van der Waals surface area contributed by atoms with Gasteiger partial charge in [0.05, 0.1) is 5.56 Å². The second kappa shape index (κ2) is 8.92. The maximum absolute atomic E-state index is 15.1. The van der Waals surface area contributed by atoms with Gasteiger partial charge in [-0.25, -0.2) is 39.5 Å². The fourth-order valence-electron chi connectivity index (χ4n) is 4.52. The van der Waals surface area contributed by atoms with Gasteiger partial charge in [0.1, 0.15) is 11.4 Å². The first-order valence-corrected chi connectivity index (χ1v) is 10.6. The minimum Gasteiger partial charge on any atom is -0.207 e. The third kappa shape index (κ3) is 4.05. The SMILES string of the molecule is Fc1ccc2c(-c3ccc(F)c(F)c3)c3cc(F)c(F)cc3c(-c3c(F)c(F)c(C(F)(F)F)c(F)c3F)c2c1. The topological polar surface area (TPSA) is 0 Å². The van der Waals surface area contributed by atoms with Crippen LogP contribution in [0.4, 0.5) is 52.7 Å². The highest BCUT2D eigenvalue weighted by atomic mass is 19.4. The van der Waals surface area contributed by atoms with Gasteiger partial charge in [0.15, 0.2) is 46.5 Å². The first-order chi connectivity index (χ1) is 18.2. The predicted octanol–water partition coefficient (Wildman–Crippen LogP) is 9.60. The molecule has 0 aliphatic rings. The quantitative estimate of drug-likeness (QED) is 0.115. The summed E-state index contributed by atoms with van der Waals surface area (Å²) in [6, 6.07) is 5.39. The van der Waals surface area contributed by atoms with Crippen LogP contribution in [-0.2, 0) is 6.18 Å². The zero-order chi connectivity index (χ0) is 28.5. The van der Waals surface area contributed by atoms with Crippen LogP contribution in [0.2, 0.25) is 0 Å². The Hall–Kier alpha value is -4.22. The van der Waals surface area contributed by atoms with Crippen LogP contribution in [0.15, 0.2) is 48.5 Å². The number of benzene rings is 5. The molecule has 0 heterocycles. The molecule has 0 aromatic heterocycles. The molecule has 200 valence electrons. The molecule has 0 aliphatic carbocycles. The molecule has 0 nitrogen and oxygen atoms in total. The second-order valence-electron chi connectivity index (χ2n) is 8.38. The lowest BCUT2D eigenvalue weighted by atomic mass is 9.85. The molecule has 0 fully saturated rings. The smallest absolute Gasteiger partial charge is 0.207 e. The molecule has 0 atom stereocenters. The summed E-state index contributed by atoms with van der Waals surface area (Å²) in [5, 5.41) is -2.11. The van der Waals surface area contributed by atoms with Gasteiger partial charge in [-0.15, -0.1) is 0 Å². The molecule has 0 unspecified atom stereocenters. The largest absolute Gasteiger partial charge is 0.422 e. The summed E-state index contributed by atoms with van der Waals surface area (Å²) in [5.74, 6) is -17.8. The Morgan fingerprint density at radius 2 is 0.923 bits per heavy atom. The number of fused-ring (bicyclic) bond motifs is 2. The summed E-state index contributed by atoms with van der Waals surface area (Å²) in [6.07, 6.45) is -5.86. The van der Waals surface area contributed by atoms with Crippen molar-refractivity contribution in [3.05, 3.63) is 106 Å². The number of hydrogen-bond donors (Lipinski definition) is 0. The van der Waals surface area contributed by atoms with E-state index in [1.807, 2.05) is 0 Å². The van der Waals surface area contributed by atoms with Crippen LogP contribution in [0, 0.1) is 52.4 Å². The summed E-state index contributed by atoms with van der Waals surface area (Å²) >= 11 is 0. The number of rotatable bonds is 2. The number of halogens is 12. The maximum Gasteiger partial charge on any atom is 0.422 e. The first-order valence-electron chi connectivity index (χ1n) is 10.6. The summed E-state index contributed by atoms with van der Waals surface area (Å²) in [7, 11) is 0. The van der Waals surface area contributed by atoms with E-state index in [1.54, 1.807) is 0 Å². The lowest BCUT2D eigenvalue weighted by Gasteiger charge is -2.20. The van der Waals surface area contributed by atoms with Gasteiger partial charge >= 0.3 is 6.18 Å². The van der Waals surface area contributed by atoms with Crippen molar-refractivity contribution < 1.29 is 52.7 Å². The zero-order valence-corrected chi connectivity index (χ0v) is 18.7. The van der Waals surface area contributed by atoms with E-state index < -0.39 is 91.4 Å². The highest BCUT2D eigenvalue weighted by Gasteiger charge is 2.43. The van der Waals surface area contributed by atoms with Crippen molar-refractivity contribution in [3.63, 3.8) is 0 Å². The Bertz CT molecular complexity index is 1810. The summed E-state index contributed by atoms with van der Waals surface area (Å²) in [4.78, 5) is 0. The monoisotopic (exact) mass is 560 g/mol. The van der Waals surface area contributed by atoms with Crippen molar-refractivity contribution in [2.24, 2.45) is 0 Å². The lowest BCUT2D eigenvalue weighted by Crippen LogP contribution is -2.16. The van der Waals surface area contributed by atoms with Gasteiger partial charge in [-0.2, -0.15) is 13.2 Å². The van der Waals surface area contributed by atoms with Crippen molar-refractivity contribution in [1.29, 1.82) is 0 Å². The molecule has 0 saturated carbocycles.